The maximum atomic E-state index is 13.8. The molecule has 1 N–H and O–H groups in total. The number of carbonyl (C=O) groups excluding carboxylic acids is 1. The first-order valence-corrected chi connectivity index (χ1v) is 7.45. The molecule has 0 spiro atoms. The normalized spacial score (nSPS) is 15.7. The van der Waals surface area contributed by atoms with E-state index >= 15 is 0 Å². The number of halogens is 3. The molecule has 0 bridgehead atoms. The third kappa shape index (κ3) is 4.56. The molecule has 1 fully saturated rings. The Morgan fingerprint density at radius 2 is 2.10 bits per heavy atom. The van der Waals surface area contributed by atoms with Gasteiger partial charge in [0.1, 0.15) is 5.82 Å². The molecule has 1 aromatic rings. The fourth-order valence-electron chi connectivity index (χ4n) is 2.55. The first-order chi connectivity index (χ1) is 9.63. The van der Waals surface area contributed by atoms with Crippen LogP contribution in [0.4, 0.5) is 4.39 Å². The molecule has 1 aliphatic rings. The molecule has 1 saturated heterocycles. The zero-order valence-electron chi connectivity index (χ0n) is 12.1. The van der Waals surface area contributed by atoms with Crippen molar-refractivity contribution in [2.24, 2.45) is 5.92 Å². The van der Waals surface area contributed by atoms with Crippen molar-refractivity contribution in [2.75, 3.05) is 26.2 Å². The maximum absolute atomic E-state index is 13.8. The predicted molar refractivity (Wildman–Crippen MR) is 85.8 cm³/mol. The smallest absolute Gasteiger partial charge is 0.258 e. The second-order valence-corrected chi connectivity index (χ2v) is 5.55. The number of carbonyl (C=O) groups is 1. The highest BCUT2D eigenvalue weighted by Crippen LogP contribution is 2.24. The van der Waals surface area contributed by atoms with Gasteiger partial charge in [0.2, 0.25) is 0 Å². The Labute approximate surface area is 136 Å². The fourth-order valence-corrected chi connectivity index (χ4v) is 2.79. The average molecular weight is 335 g/mol. The van der Waals surface area contributed by atoms with Gasteiger partial charge in [0.15, 0.2) is 0 Å². The van der Waals surface area contributed by atoms with Crippen molar-refractivity contribution >= 4 is 29.9 Å². The fraction of sp³-hybridized carbons (Fsp3) is 0.533. The summed E-state index contributed by atoms with van der Waals surface area (Å²) in [6.45, 7) is 5.36. The van der Waals surface area contributed by atoms with Crippen LogP contribution in [0.1, 0.15) is 30.1 Å². The van der Waals surface area contributed by atoms with E-state index in [1.54, 1.807) is 11.0 Å². The quantitative estimate of drug-likeness (QED) is 0.915. The average Bonchev–Trinajstić information content (AvgIpc) is 2.45. The van der Waals surface area contributed by atoms with Crippen LogP contribution < -0.4 is 5.32 Å². The van der Waals surface area contributed by atoms with Crippen molar-refractivity contribution < 1.29 is 9.18 Å². The lowest BCUT2D eigenvalue weighted by molar-refractivity contribution is 0.0686. The van der Waals surface area contributed by atoms with Crippen LogP contribution in [0.15, 0.2) is 18.2 Å². The molecule has 3 nitrogen and oxygen atoms in total. The van der Waals surface area contributed by atoms with Gasteiger partial charge in [-0.05, 0) is 44.0 Å². The number of hydrogen-bond donors (Lipinski definition) is 1. The molecule has 118 valence electrons. The van der Waals surface area contributed by atoms with Gasteiger partial charge in [0.05, 0.1) is 10.6 Å². The van der Waals surface area contributed by atoms with E-state index in [4.69, 9.17) is 11.6 Å². The van der Waals surface area contributed by atoms with Crippen LogP contribution in [-0.4, -0.2) is 37.0 Å². The van der Waals surface area contributed by atoms with Crippen LogP contribution in [0.2, 0.25) is 5.02 Å². The molecule has 0 atom stereocenters. The minimum absolute atomic E-state index is 0. The third-order valence-corrected chi connectivity index (χ3v) is 4.08. The number of benzene rings is 1. The van der Waals surface area contributed by atoms with Gasteiger partial charge in [0.25, 0.3) is 5.91 Å². The molecule has 0 radical (unpaired) electrons. The molecule has 0 aliphatic carbocycles. The summed E-state index contributed by atoms with van der Waals surface area (Å²) in [7, 11) is 0. The molecule has 1 aromatic carbocycles. The molecule has 0 unspecified atom stereocenters. The summed E-state index contributed by atoms with van der Waals surface area (Å²) in [5, 5.41) is 3.51. The molecular weight excluding hydrogens is 314 g/mol. The number of piperidine rings is 1. The highest BCUT2D eigenvalue weighted by molar-refractivity contribution is 6.33. The lowest BCUT2D eigenvalue weighted by Gasteiger charge is -2.32. The van der Waals surface area contributed by atoms with E-state index in [0.29, 0.717) is 19.0 Å². The maximum Gasteiger partial charge on any atom is 0.258 e. The van der Waals surface area contributed by atoms with Crippen molar-refractivity contribution in [3.05, 3.63) is 34.6 Å². The van der Waals surface area contributed by atoms with Crippen molar-refractivity contribution in [3.63, 3.8) is 0 Å². The standard InChI is InChI=1S/C15H20ClFN2O.ClH/c1-2-18-10-11-6-8-19(9-7-11)15(20)14-12(16)4-3-5-13(14)17;/h3-5,11,18H,2,6-10H2,1H3;1H. The molecule has 1 aliphatic heterocycles. The van der Waals surface area contributed by atoms with Gasteiger partial charge < -0.3 is 10.2 Å². The topological polar surface area (TPSA) is 32.3 Å². The van der Waals surface area contributed by atoms with Gasteiger partial charge in [0, 0.05) is 13.1 Å². The van der Waals surface area contributed by atoms with E-state index in [2.05, 4.69) is 12.2 Å². The SMILES string of the molecule is CCNCC1CCN(C(=O)c2c(F)cccc2Cl)CC1.Cl. The van der Waals surface area contributed by atoms with Gasteiger partial charge in [-0.25, -0.2) is 4.39 Å². The Kier molecular flexibility index (Phi) is 7.43. The van der Waals surface area contributed by atoms with E-state index < -0.39 is 5.82 Å². The molecule has 0 saturated carbocycles. The zero-order valence-corrected chi connectivity index (χ0v) is 13.6. The monoisotopic (exact) mass is 334 g/mol. The molecule has 2 rings (SSSR count). The molecule has 1 heterocycles. The first-order valence-electron chi connectivity index (χ1n) is 7.07. The van der Waals surface area contributed by atoms with Gasteiger partial charge in [-0.2, -0.15) is 0 Å². The van der Waals surface area contributed by atoms with Crippen molar-refractivity contribution in [1.29, 1.82) is 0 Å². The highest BCUT2D eigenvalue weighted by Gasteiger charge is 2.26. The predicted octanol–water partition coefficient (Wildman–Crippen LogP) is 3.36. The van der Waals surface area contributed by atoms with Crippen LogP contribution in [-0.2, 0) is 0 Å². The summed E-state index contributed by atoms with van der Waals surface area (Å²) in [5.74, 6) is -0.248. The molecular formula is C15H21Cl2FN2O. The Hall–Kier alpha value is -0.840. The Bertz CT molecular complexity index is 456. The summed E-state index contributed by atoms with van der Waals surface area (Å²) in [6, 6.07) is 4.34. The van der Waals surface area contributed by atoms with Gasteiger partial charge in [-0.15, -0.1) is 12.4 Å². The second kappa shape index (κ2) is 8.57. The minimum atomic E-state index is -0.544. The number of likely N-dealkylation sites (tertiary alicyclic amines) is 1. The van der Waals surface area contributed by atoms with E-state index in [1.807, 2.05) is 0 Å². The van der Waals surface area contributed by atoms with E-state index in [0.717, 1.165) is 25.9 Å². The van der Waals surface area contributed by atoms with E-state index in [9.17, 15) is 9.18 Å². The minimum Gasteiger partial charge on any atom is -0.338 e. The summed E-state index contributed by atoms with van der Waals surface area (Å²) >= 11 is 5.94. The van der Waals surface area contributed by atoms with Crippen LogP contribution in [0, 0.1) is 11.7 Å². The van der Waals surface area contributed by atoms with Crippen LogP contribution >= 0.6 is 24.0 Å². The van der Waals surface area contributed by atoms with Gasteiger partial charge in [-0.3, -0.25) is 4.79 Å². The molecule has 1 amide bonds. The Morgan fingerprint density at radius 3 is 2.67 bits per heavy atom. The summed E-state index contributed by atoms with van der Waals surface area (Å²) in [5.41, 5.74) is -0.000648. The molecule has 6 heteroatoms. The van der Waals surface area contributed by atoms with Gasteiger partial charge >= 0.3 is 0 Å². The summed E-state index contributed by atoms with van der Waals surface area (Å²) in [4.78, 5) is 14.0. The molecule has 0 aromatic heterocycles. The van der Waals surface area contributed by atoms with Crippen LogP contribution in [0.3, 0.4) is 0 Å². The van der Waals surface area contributed by atoms with Crippen LogP contribution in [0.5, 0.6) is 0 Å². The van der Waals surface area contributed by atoms with Gasteiger partial charge in [-0.1, -0.05) is 24.6 Å². The zero-order chi connectivity index (χ0) is 14.5. The number of nitrogens with one attached hydrogen (secondary N) is 1. The van der Waals surface area contributed by atoms with E-state index in [-0.39, 0.29) is 28.9 Å². The van der Waals surface area contributed by atoms with E-state index in [1.165, 1.54) is 12.1 Å². The second-order valence-electron chi connectivity index (χ2n) is 5.14. The molecule has 21 heavy (non-hydrogen) atoms. The third-order valence-electron chi connectivity index (χ3n) is 3.76. The van der Waals surface area contributed by atoms with Crippen molar-refractivity contribution in [2.45, 2.75) is 19.8 Å². The van der Waals surface area contributed by atoms with Crippen molar-refractivity contribution in [3.8, 4) is 0 Å². The lowest BCUT2D eigenvalue weighted by Crippen LogP contribution is -2.41. The number of rotatable bonds is 4. The lowest BCUT2D eigenvalue weighted by atomic mass is 9.96. The summed E-state index contributed by atoms with van der Waals surface area (Å²) < 4.78 is 13.8. The first kappa shape index (κ1) is 18.2. The number of hydrogen-bond acceptors (Lipinski definition) is 2. The van der Waals surface area contributed by atoms with Crippen molar-refractivity contribution in [1.82, 2.24) is 10.2 Å². The highest BCUT2D eigenvalue weighted by atomic mass is 35.5. The largest absolute Gasteiger partial charge is 0.338 e. The number of nitrogens with zero attached hydrogens (tertiary/aromatic N) is 1. The Balaban J connectivity index is 0.00000220. The number of amides is 1. The van der Waals surface area contributed by atoms with Crippen LogP contribution in [0.25, 0.3) is 0 Å². The summed E-state index contributed by atoms with van der Waals surface area (Å²) in [6.07, 6.45) is 1.90. The Morgan fingerprint density at radius 1 is 1.43 bits per heavy atom.